The molecule has 0 saturated heterocycles. The molecular formula is C30H25N3O. The molecule has 0 aliphatic rings. The molecule has 2 heterocycles. The van der Waals surface area contributed by atoms with E-state index in [9.17, 15) is 4.79 Å². The van der Waals surface area contributed by atoms with Gasteiger partial charge in [0.1, 0.15) is 0 Å². The van der Waals surface area contributed by atoms with E-state index in [2.05, 4.69) is 41.7 Å². The number of aromatic nitrogens is 2. The van der Waals surface area contributed by atoms with Gasteiger partial charge in [0.05, 0.1) is 11.4 Å². The van der Waals surface area contributed by atoms with Crippen molar-refractivity contribution in [2.45, 2.75) is 13.8 Å². The summed E-state index contributed by atoms with van der Waals surface area (Å²) in [6.45, 7) is 4.05. The number of fused-ring (bicyclic) bond motifs is 1. The number of rotatable bonds is 5. The van der Waals surface area contributed by atoms with Crippen LogP contribution in [-0.4, -0.2) is 15.3 Å². The topological polar surface area (TPSA) is 46.4 Å². The molecule has 0 atom stereocenters. The zero-order chi connectivity index (χ0) is 23.5. The number of amides is 1. The van der Waals surface area contributed by atoms with Gasteiger partial charge in [-0.05, 0) is 48.2 Å². The van der Waals surface area contributed by atoms with Gasteiger partial charge in [-0.25, -0.2) is 4.98 Å². The molecule has 4 heteroatoms. The Balaban J connectivity index is 1.40. The molecule has 5 rings (SSSR count). The van der Waals surface area contributed by atoms with E-state index in [0.29, 0.717) is 11.3 Å². The Kier molecular flexibility index (Phi) is 5.79. The van der Waals surface area contributed by atoms with Gasteiger partial charge in [-0.15, -0.1) is 0 Å². The Morgan fingerprint density at radius 1 is 0.794 bits per heavy atom. The maximum Gasteiger partial charge on any atom is 0.248 e. The highest BCUT2D eigenvalue weighted by Gasteiger charge is 2.11. The first-order valence-electron chi connectivity index (χ1n) is 11.3. The molecule has 0 spiro atoms. The number of aryl methyl sites for hydroxylation is 2. The summed E-state index contributed by atoms with van der Waals surface area (Å²) >= 11 is 0. The molecule has 0 fully saturated rings. The second kappa shape index (κ2) is 9.20. The van der Waals surface area contributed by atoms with Gasteiger partial charge >= 0.3 is 0 Å². The Hall–Kier alpha value is -4.44. The van der Waals surface area contributed by atoms with Crippen molar-refractivity contribution in [3.8, 4) is 22.4 Å². The standard InChI is InChI=1S/C30H25N3O/c1-21-8-10-23(11-9-21)12-17-29(34)31-27-18-22(2)19-33-20-28(32-30(27)33)26-15-13-25(14-16-26)24-6-4-3-5-7-24/h3-20H,1-2H3,(H,31,34)/b17-12+. The summed E-state index contributed by atoms with van der Waals surface area (Å²) < 4.78 is 1.97. The Morgan fingerprint density at radius 2 is 1.47 bits per heavy atom. The lowest BCUT2D eigenvalue weighted by atomic mass is 10.0. The van der Waals surface area contributed by atoms with E-state index < -0.39 is 0 Å². The first kappa shape index (κ1) is 21.4. The summed E-state index contributed by atoms with van der Waals surface area (Å²) in [6, 6.07) is 28.7. The van der Waals surface area contributed by atoms with E-state index in [1.807, 2.05) is 85.2 Å². The molecule has 1 N–H and O–H groups in total. The molecule has 2 aromatic heterocycles. The number of anilines is 1. The lowest BCUT2D eigenvalue weighted by Crippen LogP contribution is -2.09. The molecule has 3 aromatic carbocycles. The quantitative estimate of drug-likeness (QED) is 0.299. The van der Waals surface area contributed by atoms with E-state index in [-0.39, 0.29) is 5.91 Å². The summed E-state index contributed by atoms with van der Waals surface area (Å²) in [7, 11) is 0. The number of hydrogen-bond donors (Lipinski definition) is 1. The lowest BCUT2D eigenvalue weighted by Gasteiger charge is -2.06. The van der Waals surface area contributed by atoms with E-state index in [0.717, 1.165) is 27.9 Å². The van der Waals surface area contributed by atoms with Crippen LogP contribution in [0.3, 0.4) is 0 Å². The average Bonchev–Trinajstić information content (AvgIpc) is 3.29. The van der Waals surface area contributed by atoms with Crippen LogP contribution in [0.15, 0.2) is 103 Å². The van der Waals surface area contributed by atoms with Gasteiger partial charge in [0.25, 0.3) is 0 Å². The molecule has 1 amide bonds. The van der Waals surface area contributed by atoms with E-state index >= 15 is 0 Å². The van der Waals surface area contributed by atoms with Crippen molar-refractivity contribution < 1.29 is 4.79 Å². The van der Waals surface area contributed by atoms with E-state index in [4.69, 9.17) is 4.98 Å². The van der Waals surface area contributed by atoms with Gasteiger partial charge in [0.15, 0.2) is 5.65 Å². The third-order valence-electron chi connectivity index (χ3n) is 5.74. The van der Waals surface area contributed by atoms with Gasteiger partial charge < -0.3 is 9.72 Å². The second-order valence-corrected chi connectivity index (χ2v) is 8.46. The summed E-state index contributed by atoms with van der Waals surface area (Å²) in [5.74, 6) is -0.190. The van der Waals surface area contributed by atoms with Crippen molar-refractivity contribution in [3.05, 3.63) is 120 Å². The monoisotopic (exact) mass is 443 g/mol. The van der Waals surface area contributed by atoms with Gasteiger partial charge in [-0.1, -0.05) is 84.4 Å². The lowest BCUT2D eigenvalue weighted by molar-refractivity contribution is -0.111. The first-order chi connectivity index (χ1) is 16.5. The summed E-state index contributed by atoms with van der Waals surface area (Å²) in [4.78, 5) is 17.5. The highest BCUT2D eigenvalue weighted by atomic mass is 16.1. The molecule has 0 bridgehead atoms. The van der Waals surface area contributed by atoms with Crippen molar-refractivity contribution in [2.24, 2.45) is 0 Å². The molecular weight excluding hydrogens is 418 g/mol. The van der Waals surface area contributed by atoms with Crippen LogP contribution >= 0.6 is 0 Å². The van der Waals surface area contributed by atoms with Crippen LogP contribution in [0.1, 0.15) is 16.7 Å². The number of hydrogen-bond acceptors (Lipinski definition) is 2. The zero-order valence-corrected chi connectivity index (χ0v) is 19.2. The highest BCUT2D eigenvalue weighted by Crippen LogP contribution is 2.27. The van der Waals surface area contributed by atoms with Gasteiger partial charge in [-0.3, -0.25) is 4.79 Å². The van der Waals surface area contributed by atoms with Crippen molar-refractivity contribution in [1.29, 1.82) is 0 Å². The third kappa shape index (κ3) is 4.66. The third-order valence-corrected chi connectivity index (χ3v) is 5.74. The van der Waals surface area contributed by atoms with Crippen molar-refractivity contribution in [3.63, 3.8) is 0 Å². The van der Waals surface area contributed by atoms with Crippen LogP contribution in [0, 0.1) is 13.8 Å². The maximum atomic E-state index is 12.6. The number of nitrogens with zero attached hydrogens (tertiary/aromatic N) is 2. The second-order valence-electron chi connectivity index (χ2n) is 8.46. The van der Waals surface area contributed by atoms with Crippen molar-refractivity contribution >= 4 is 23.3 Å². The molecule has 0 radical (unpaired) electrons. The summed E-state index contributed by atoms with van der Waals surface area (Å²) in [6.07, 6.45) is 7.38. The molecule has 0 aliphatic heterocycles. The number of nitrogens with one attached hydrogen (secondary N) is 1. The smallest absolute Gasteiger partial charge is 0.248 e. The zero-order valence-electron chi connectivity index (χ0n) is 19.2. The number of carbonyl (C=O) groups excluding carboxylic acids is 1. The number of pyridine rings is 1. The van der Waals surface area contributed by atoms with Crippen LogP contribution in [-0.2, 0) is 4.79 Å². The van der Waals surface area contributed by atoms with Crippen LogP contribution in [0.25, 0.3) is 34.1 Å². The molecule has 5 aromatic rings. The molecule has 0 aliphatic carbocycles. The van der Waals surface area contributed by atoms with Gasteiger partial charge in [0.2, 0.25) is 5.91 Å². The van der Waals surface area contributed by atoms with Crippen LogP contribution < -0.4 is 5.32 Å². The van der Waals surface area contributed by atoms with Gasteiger partial charge in [0, 0.05) is 24.0 Å². The fourth-order valence-electron chi connectivity index (χ4n) is 3.96. The number of imidazole rings is 1. The SMILES string of the molecule is Cc1ccc(/C=C/C(=O)Nc2cc(C)cn3cc(-c4ccc(-c5ccccc5)cc4)nc23)cc1. The average molecular weight is 444 g/mol. The predicted octanol–water partition coefficient (Wildman–Crippen LogP) is 6.94. The van der Waals surface area contributed by atoms with Crippen molar-refractivity contribution in [1.82, 2.24) is 9.38 Å². The predicted molar refractivity (Wildman–Crippen MR) is 140 cm³/mol. The maximum absolute atomic E-state index is 12.6. The first-order valence-corrected chi connectivity index (χ1v) is 11.3. The van der Waals surface area contributed by atoms with Crippen LogP contribution in [0.5, 0.6) is 0 Å². The normalized spacial score (nSPS) is 11.2. The summed E-state index contributed by atoms with van der Waals surface area (Å²) in [5.41, 5.74) is 8.84. The van der Waals surface area contributed by atoms with E-state index in [1.54, 1.807) is 6.08 Å². The highest BCUT2D eigenvalue weighted by molar-refractivity contribution is 6.04. The van der Waals surface area contributed by atoms with Crippen LogP contribution in [0.2, 0.25) is 0 Å². The minimum absolute atomic E-state index is 0.190. The largest absolute Gasteiger partial charge is 0.319 e. The minimum atomic E-state index is -0.190. The van der Waals surface area contributed by atoms with E-state index in [1.165, 1.54) is 11.1 Å². The summed E-state index contributed by atoms with van der Waals surface area (Å²) in [5, 5.41) is 2.99. The Labute approximate surface area is 199 Å². The number of benzene rings is 3. The van der Waals surface area contributed by atoms with Crippen molar-refractivity contribution in [2.75, 3.05) is 5.32 Å². The fraction of sp³-hybridized carbons (Fsp3) is 0.0667. The van der Waals surface area contributed by atoms with Gasteiger partial charge in [-0.2, -0.15) is 0 Å². The molecule has 4 nitrogen and oxygen atoms in total. The molecule has 0 unspecified atom stereocenters. The number of carbonyl (C=O) groups is 1. The molecule has 34 heavy (non-hydrogen) atoms. The Bertz CT molecular complexity index is 1480. The molecule has 166 valence electrons. The Morgan fingerprint density at radius 3 is 2.21 bits per heavy atom. The fourth-order valence-corrected chi connectivity index (χ4v) is 3.96. The minimum Gasteiger partial charge on any atom is -0.319 e. The van der Waals surface area contributed by atoms with Crippen LogP contribution in [0.4, 0.5) is 5.69 Å². The molecule has 0 saturated carbocycles.